The van der Waals surface area contributed by atoms with Gasteiger partial charge in [-0.05, 0) is 35.7 Å². The number of nitrogens with zero attached hydrogens (tertiary/aromatic N) is 1. The Kier molecular flexibility index (Phi) is 3.28. The number of ether oxygens (including phenoxy) is 1. The summed E-state index contributed by atoms with van der Waals surface area (Å²) in [6, 6.07) is 10.5. The smallest absolute Gasteiger partial charge is 0.238 e. The first-order chi connectivity index (χ1) is 9.76. The first kappa shape index (κ1) is 12.9. The van der Waals surface area contributed by atoms with Gasteiger partial charge in [0.05, 0.1) is 7.11 Å². The second kappa shape index (κ2) is 5.09. The molecule has 102 valence electrons. The van der Waals surface area contributed by atoms with Crippen LogP contribution in [0.4, 0.5) is 5.69 Å². The molecule has 0 unspecified atom stereocenters. The monoisotopic (exact) mass is 287 g/mol. The van der Waals surface area contributed by atoms with Gasteiger partial charge in [0.1, 0.15) is 24.0 Å². The Labute approximate surface area is 120 Å². The summed E-state index contributed by atoms with van der Waals surface area (Å²) in [6.07, 6.45) is 0.843. The van der Waals surface area contributed by atoms with Crippen LogP contribution in [-0.2, 0) is 9.59 Å². The normalized spacial score (nSPS) is 21.4. The van der Waals surface area contributed by atoms with Crippen LogP contribution in [0.25, 0.3) is 0 Å². The minimum Gasteiger partial charge on any atom is -0.497 e. The minimum atomic E-state index is -0.422. The van der Waals surface area contributed by atoms with Crippen molar-refractivity contribution in [1.82, 2.24) is 0 Å². The van der Waals surface area contributed by atoms with Crippen LogP contribution in [0.5, 0.6) is 5.75 Å². The van der Waals surface area contributed by atoms with Gasteiger partial charge in [-0.2, -0.15) is 0 Å². The molecule has 0 radical (unpaired) electrons. The molecule has 1 aliphatic heterocycles. The molecule has 1 amide bonds. The molecule has 5 heteroatoms. The van der Waals surface area contributed by atoms with Gasteiger partial charge < -0.3 is 14.4 Å². The number of aldehydes is 1. The van der Waals surface area contributed by atoms with Crippen molar-refractivity contribution in [2.45, 2.75) is 12.0 Å². The molecule has 0 aliphatic carbocycles. The first-order valence-corrected chi connectivity index (χ1v) is 7.10. The molecule has 20 heavy (non-hydrogen) atoms. The third-order valence-corrected chi connectivity index (χ3v) is 4.44. The second-order valence-electron chi connectivity index (χ2n) is 4.53. The molecule has 1 fully saturated rings. The van der Waals surface area contributed by atoms with Gasteiger partial charge in [-0.25, -0.2) is 0 Å². The van der Waals surface area contributed by atoms with Crippen LogP contribution in [0, 0.1) is 0 Å². The van der Waals surface area contributed by atoms with E-state index in [9.17, 15) is 9.59 Å². The fourth-order valence-electron chi connectivity index (χ4n) is 2.45. The fraction of sp³-hybridized carbons (Fsp3) is 0.200. The zero-order valence-corrected chi connectivity index (χ0v) is 11.7. The van der Waals surface area contributed by atoms with Gasteiger partial charge >= 0.3 is 0 Å². The largest absolute Gasteiger partial charge is 0.497 e. The highest BCUT2D eigenvalue weighted by atomic mass is 32.1. The molecule has 2 atom stereocenters. The van der Waals surface area contributed by atoms with E-state index in [0.717, 1.165) is 22.6 Å². The lowest BCUT2D eigenvalue weighted by Crippen LogP contribution is -2.60. The summed E-state index contributed by atoms with van der Waals surface area (Å²) < 4.78 is 5.09. The summed E-state index contributed by atoms with van der Waals surface area (Å²) in [7, 11) is 1.59. The van der Waals surface area contributed by atoms with Crippen LogP contribution in [-0.4, -0.2) is 25.3 Å². The number of carbonyl (C=O) groups excluding carboxylic acids is 2. The summed E-state index contributed by atoms with van der Waals surface area (Å²) in [5.74, 6) is 0.350. The van der Waals surface area contributed by atoms with E-state index in [1.54, 1.807) is 31.4 Å². The van der Waals surface area contributed by atoms with E-state index >= 15 is 0 Å². The molecule has 0 bridgehead atoms. The Bertz CT molecular complexity index is 621. The summed E-state index contributed by atoms with van der Waals surface area (Å²) in [6.45, 7) is 0. The van der Waals surface area contributed by atoms with Gasteiger partial charge in [-0.15, -0.1) is 11.3 Å². The number of β-lactam (4-membered cyclic amide) rings is 1. The average Bonchev–Trinajstić information content (AvgIpc) is 2.99. The summed E-state index contributed by atoms with van der Waals surface area (Å²) in [5, 5.41) is 1.92. The van der Waals surface area contributed by atoms with Crippen molar-refractivity contribution >= 4 is 29.2 Å². The lowest BCUT2D eigenvalue weighted by atomic mass is 9.86. The molecular weight excluding hydrogens is 274 g/mol. The predicted octanol–water partition coefficient (Wildman–Crippen LogP) is 2.45. The number of amides is 1. The standard InChI is InChI=1S/C15H13NO3S/c1-19-11-6-4-10(5-7-11)16-12(9-17)14(15(16)18)13-3-2-8-20-13/h2-9,12,14H,1H3/t12-,14-/m0/s1. The lowest BCUT2D eigenvalue weighted by molar-refractivity contribution is -0.130. The molecule has 1 aromatic carbocycles. The van der Waals surface area contributed by atoms with E-state index in [-0.39, 0.29) is 11.8 Å². The van der Waals surface area contributed by atoms with Gasteiger partial charge in [-0.3, -0.25) is 4.79 Å². The van der Waals surface area contributed by atoms with Crippen LogP contribution < -0.4 is 9.64 Å². The quantitative estimate of drug-likeness (QED) is 0.641. The van der Waals surface area contributed by atoms with E-state index in [4.69, 9.17) is 4.74 Å². The van der Waals surface area contributed by atoms with E-state index < -0.39 is 6.04 Å². The topological polar surface area (TPSA) is 46.6 Å². The van der Waals surface area contributed by atoms with Crippen molar-refractivity contribution in [2.24, 2.45) is 0 Å². The van der Waals surface area contributed by atoms with Crippen LogP contribution in [0.2, 0.25) is 0 Å². The first-order valence-electron chi connectivity index (χ1n) is 6.22. The highest BCUT2D eigenvalue weighted by Crippen LogP contribution is 2.40. The zero-order chi connectivity index (χ0) is 14.1. The molecule has 0 N–H and O–H groups in total. The maximum Gasteiger partial charge on any atom is 0.238 e. The van der Waals surface area contributed by atoms with Crippen molar-refractivity contribution in [3.8, 4) is 5.75 Å². The number of rotatable bonds is 4. The molecule has 2 aromatic rings. The maximum absolute atomic E-state index is 12.3. The van der Waals surface area contributed by atoms with Gasteiger partial charge in [-0.1, -0.05) is 6.07 Å². The Morgan fingerprint density at radius 1 is 1.25 bits per heavy atom. The van der Waals surface area contributed by atoms with Crippen molar-refractivity contribution in [1.29, 1.82) is 0 Å². The van der Waals surface area contributed by atoms with Crippen molar-refractivity contribution in [3.05, 3.63) is 46.7 Å². The van der Waals surface area contributed by atoms with Gasteiger partial charge in [0, 0.05) is 10.6 Å². The van der Waals surface area contributed by atoms with E-state index in [1.807, 2.05) is 17.5 Å². The van der Waals surface area contributed by atoms with Crippen LogP contribution >= 0.6 is 11.3 Å². The number of benzene rings is 1. The van der Waals surface area contributed by atoms with Crippen LogP contribution in [0.1, 0.15) is 10.8 Å². The van der Waals surface area contributed by atoms with Crippen LogP contribution in [0.15, 0.2) is 41.8 Å². The Morgan fingerprint density at radius 3 is 2.55 bits per heavy atom. The van der Waals surface area contributed by atoms with E-state index in [1.165, 1.54) is 16.2 Å². The second-order valence-corrected chi connectivity index (χ2v) is 5.51. The number of thiophene rings is 1. The molecule has 0 spiro atoms. The summed E-state index contributed by atoms with van der Waals surface area (Å²) in [5.41, 5.74) is 0.723. The lowest BCUT2D eigenvalue weighted by Gasteiger charge is -2.43. The molecule has 1 saturated heterocycles. The Hall–Kier alpha value is -2.14. The van der Waals surface area contributed by atoms with Crippen molar-refractivity contribution < 1.29 is 14.3 Å². The number of carbonyl (C=O) groups is 2. The average molecular weight is 287 g/mol. The molecule has 4 nitrogen and oxygen atoms in total. The fourth-order valence-corrected chi connectivity index (χ4v) is 3.31. The van der Waals surface area contributed by atoms with Gasteiger partial charge in [0.15, 0.2) is 0 Å². The number of hydrogen-bond acceptors (Lipinski definition) is 4. The van der Waals surface area contributed by atoms with Crippen molar-refractivity contribution in [2.75, 3.05) is 12.0 Å². The molecule has 1 aliphatic rings. The number of methoxy groups -OCH3 is 1. The summed E-state index contributed by atoms with van der Waals surface area (Å²) in [4.78, 5) is 26.1. The molecule has 2 heterocycles. The SMILES string of the molecule is COc1ccc(N2C(=O)[C@H](c3cccs3)[C@@H]2C=O)cc1. The third kappa shape index (κ3) is 1.91. The highest BCUT2D eigenvalue weighted by molar-refractivity contribution is 7.10. The Morgan fingerprint density at radius 2 is 2.00 bits per heavy atom. The number of hydrogen-bond donors (Lipinski definition) is 0. The molecule has 1 aromatic heterocycles. The molecule has 0 saturated carbocycles. The highest BCUT2D eigenvalue weighted by Gasteiger charge is 2.49. The predicted molar refractivity (Wildman–Crippen MR) is 77.4 cm³/mol. The Balaban J connectivity index is 1.87. The van der Waals surface area contributed by atoms with Crippen molar-refractivity contribution in [3.63, 3.8) is 0 Å². The number of anilines is 1. The summed E-state index contributed by atoms with van der Waals surface area (Å²) >= 11 is 1.51. The van der Waals surface area contributed by atoms with Crippen LogP contribution in [0.3, 0.4) is 0 Å². The molecule has 3 rings (SSSR count). The van der Waals surface area contributed by atoms with E-state index in [0.29, 0.717) is 0 Å². The third-order valence-electron chi connectivity index (χ3n) is 3.48. The van der Waals surface area contributed by atoms with Gasteiger partial charge in [0.25, 0.3) is 0 Å². The maximum atomic E-state index is 12.3. The molecular formula is C15H13NO3S. The van der Waals surface area contributed by atoms with E-state index in [2.05, 4.69) is 0 Å². The zero-order valence-electron chi connectivity index (χ0n) is 10.9. The minimum absolute atomic E-state index is 0.0327. The van der Waals surface area contributed by atoms with Gasteiger partial charge in [0.2, 0.25) is 5.91 Å².